The summed E-state index contributed by atoms with van der Waals surface area (Å²) in [7, 11) is 0. The zero-order valence-corrected chi connectivity index (χ0v) is 15.3. The summed E-state index contributed by atoms with van der Waals surface area (Å²) in [5, 5.41) is 3.25. The first-order valence-corrected chi connectivity index (χ1v) is 9.91. The Kier molecular flexibility index (Phi) is 5.41. The van der Waals surface area contributed by atoms with Gasteiger partial charge in [0.15, 0.2) is 0 Å². The average molecular weight is 359 g/mol. The molecule has 2 aromatic rings. The molecule has 0 unspecified atom stereocenters. The smallest absolute Gasteiger partial charge is 0.107 e. The van der Waals surface area contributed by atoms with E-state index in [0.29, 0.717) is 12.7 Å². The van der Waals surface area contributed by atoms with Crippen LogP contribution in [0.15, 0.2) is 36.1 Å². The lowest BCUT2D eigenvalue weighted by Crippen LogP contribution is -2.56. The molecule has 0 aromatic carbocycles. The SMILES string of the molecule is c1cncc(COC[C@@]23CCCO[C@H]2CCN(Cc2nccs2)C3)c1. The third-order valence-corrected chi connectivity index (χ3v) is 6.05. The normalized spacial score (nSPS) is 27.1. The topological polar surface area (TPSA) is 47.5 Å². The molecule has 2 atom stereocenters. The van der Waals surface area contributed by atoms with Crippen molar-refractivity contribution in [3.8, 4) is 0 Å². The highest BCUT2D eigenvalue weighted by Crippen LogP contribution is 2.41. The molecule has 134 valence electrons. The van der Waals surface area contributed by atoms with Gasteiger partial charge in [-0.3, -0.25) is 9.88 Å². The number of likely N-dealkylation sites (tertiary alicyclic amines) is 1. The van der Waals surface area contributed by atoms with Crippen LogP contribution in [0, 0.1) is 5.41 Å². The molecule has 6 heteroatoms. The van der Waals surface area contributed by atoms with Crippen molar-refractivity contribution in [2.24, 2.45) is 5.41 Å². The van der Waals surface area contributed by atoms with Crippen molar-refractivity contribution in [2.75, 3.05) is 26.3 Å². The first-order valence-electron chi connectivity index (χ1n) is 9.03. The van der Waals surface area contributed by atoms with Crippen LogP contribution in [-0.2, 0) is 22.6 Å². The number of nitrogens with zero attached hydrogens (tertiary/aromatic N) is 3. The minimum absolute atomic E-state index is 0.107. The van der Waals surface area contributed by atoms with E-state index in [1.54, 1.807) is 17.5 Å². The lowest BCUT2D eigenvalue weighted by molar-refractivity contribution is -0.155. The van der Waals surface area contributed by atoms with Crippen molar-refractivity contribution in [3.05, 3.63) is 46.7 Å². The highest BCUT2D eigenvalue weighted by atomic mass is 32.1. The summed E-state index contributed by atoms with van der Waals surface area (Å²) in [6, 6.07) is 4.02. The first kappa shape index (κ1) is 17.1. The predicted molar refractivity (Wildman–Crippen MR) is 97.3 cm³/mol. The van der Waals surface area contributed by atoms with Gasteiger partial charge in [0.25, 0.3) is 0 Å². The summed E-state index contributed by atoms with van der Waals surface area (Å²) in [5.74, 6) is 0. The summed E-state index contributed by atoms with van der Waals surface area (Å²) >= 11 is 1.74. The van der Waals surface area contributed by atoms with Gasteiger partial charge < -0.3 is 9.47 Å². The van der Waals surface area contributed by atoms with Crippen LogP contribution in [0.3, 0.4) is 0 Å². The second-order valence-electron chi connectivity index (χ2n) is 7.10. The van der Waals surface area contributed by atoms with Gasteiger partial charge in [0.05, 0.1) is 25.9 Å². The maximum Gasteiger partial charge on any atom is 0.107 e. The number of hydrogen-bond acceptors (Lipinski definition) is 6. The van der Waals surface area contributed by atoms with Gasteiger partial charge in [0.2, 0.25) is 0 Å². The van der Waals surface area contributed by atoms with Gasteiger partial charge in [-0.1, -0.05) is 6.07 Å². The average Bonchev–Trinajstić information content (AvgIpc) is 3.15. The molecule has 2 fully saturated rings. The molecule has 4 heterocycles. The number of ether oxygens (including phenoxy) is 2. The van der Waals surface area contributed by atoms with Crippen LogP contribution < -0.4 is 0 Å². The molecular weight excluding hydrogens is 334 g/mol. The van der Waals surface area contributed by atoms with Crippen molar-refractivity contribution in [1.82, 2.24) is 14.9 Å². The molecule has 0 spiro atoms. The standard InChI is InChI=1S/C19H25N3O2S/c1-3-16(11-20-6-1)13-23-15-19-5-2-9-24-17(19)4-8-22(14-19)12-18-21-7-10-25-18/h1,3,6-7,10-11,17H,2,4-5,8-9,12-15H2/t17-,19-/m0/s1. The molecule has 2 saturated heterocycles. The molecule has 0 N–H and O–H groups in total. The zero-order valence-electron chi connectivity index (χ0n) is 14.5. The molecule has 0 amide bonds. The summed E-state index contributed by atoms with van der Waals surface area (Å²) in [4.78, 5) is 11.1. The maximum atomic E-state index is 6.14. The highest BCUT2D eigenvalue weighted by molar-refractivity contribution is 7.09. The van der Waals surface area contributed by atoms with E-state index in [0.717, 1.165) is 51.3 Å². The molecule has 4 rings (SSSR count). The van der Waals surface area contributed by atoms with E-state index in [1.807, 2.05) is 18.5 Å². The number of piperidine rings is 1. The third kappa shape index (κ3) is 4.08. The van der Waals surface area contributed by atoms with Gasteiger partial charge in [-0.25, -0.2) is 4.98 Å². The quantitative estimate of drug-likeness (QED) is 0.793. The van der Waals surface area contributed by atoms with Crippen molar-refractivity contribution in [1.29, 1.82) is 0 Å². The van der Waals surface area contributed by atoms with E-state index in [2.05, 4.69) is 26.3 Å². The Bertz CT molecular complexity index is 652. The summed E-state index contributed by atoms with van der Waals surface area (Å²) < 4.78 is 12.3. The van der Waals surface area contributed by atoms with Crippen LogP contribution in [0.1, 0.15) is 29.8 Å². The van der Waals surface area contributed by atoms with Crippen molar-refractivity contribution >= 4 is 11.3 Å². The van der Waals surface area contributed by atoms with E-state index in [4.69, 9.17) is 9.47 Å². The molecule has 0 saturated carbocycles. The molecule has 5 nitrogen and oxygen atoms in total. The number of pyridine rings is 1. The van der Waals surface area contributed by atoms with E-state index < -0.39 is 0 Å². The van der Waals surface area contributed by atoms with E-state index in [9.17, 15) is 0 Å². The Morgan fingerprint density at radius 1 is 1.40 bits per heavy atom. The van der Waals surface area contributed by atoms with Gasteiger partial charge in [0.1, 0.15) is 5.01 Å². The number of fused-ring (bicyclic) bond motifs is 1. The van der Waals surface area contributed by atoms with Crippen LogP contribution in [0.5, 0.6) is 0 Å². The zero-order chi connectivity index (χ0) is 17.0. The fraction of sp³-hybridized carbons (Fsp3) is 0.579. The van der Waals surface area contributed by atoms with Gasteiger partial charge in [-0.2, -0.15) is 0 Å². The molecule has 2 aromatic heterocycles. The lowest BCUT2D eigenvalue weighted by atomic mass is 9.73. The minimum Gasteiger partial charge on any atom is -0.377 e. The highest BCUT2D eigenvalue weighted by Gasteiger charge is 2.46. The van der Waals surface area contributed by atoms with Crippen molar-refractivity contribution in [2.45, 2.75) is 38.5 Å². The molecular formula is C19H25N3O2S. The fourth-order valence-electron chi connectivity index (χ4n) is 4.11. The molecule has 0 aliphatic carbocycles. The number of thiazole rings is 1. The molecule has 25 heavy (non-hydrogen) atoms. The summed E-state index contributed by atoms with van der Waals surface area (Å²) in [6.45, 7) is 5.31. The fourth-order valence-corrected chi connectivity index (χ4v) is 4.76. The van der Waals surface area contributed by atoms with Gasteiger partial charge in [-0.05, 0) is 30.9 Å². The number of rotatable bonds is 6. The molecule has 2 aliphatic heterocycles. The third-order valence-electron chi connectivity index (χ3n) is 5.29. The van der Waals surface area contributed by atoms with E-state index >= 15 is 0 Å². The second-order valence-corrected chi connectivity index (χ2v) is 8.08. The van der Waals surface area contributed by atoms with Crippen LogP contribution in [0.4, 0.5) is 0 Å². The number of aromatic nitrogens is 2. The molecule has 2 aliphatic rings. The van der Waals surface area contributed by atoms with Crippen LogP contribution >= 0.6 is 11.3 Å². The van der Waals surface area contributed by atoms with Crippen molar-refractivity contribution in [3.63, 3.8) is 0 Å². The van der Waals surface area contributed by atoms with Gasteiger partial charge >= 0.3 is 0 Å². The lowest BCUT2D eigenvalue weighted by Gasteiger charge is -2.50. The Hall–Kier alpha value is -1.34. The van der Waals surface area contributed by atoms with E-state index in [1.165, 1.54) is 11.4 Å². The predicted octanol–water partition coefficient (Wildman–Crippen LogP) is 3.13. The van der Waals surface area contributed by atoms with Crippen LogP contribution in [-0.4, -0.2) is 47.3 Å². The minimum atomic E-state index is 0.107. The van der Waals surface area contributed by atoms with Crippen molar-refractivity contribution < 1.29 is 9.47 Å². The van der Waals surface area contributed by atoms with E-state index in [-0.39, 0.29) is 5.41 Å². The molecule has 0 radical (unpaired) electrons. The maximum absolute atomic E-state index is 6.14. The summed E-state index contributed by atoms with van der Waals surface area (Å²) in [5.41, 5.74) is 1.23. The second kappa shape index (κ2) is 7.91. The van der Waals surface area contributed by atoms with Crippen LogP contribution in [0.2, 0.25) is 0 Å². The molecule has 0 bridgehead atoms. The van der Waals surface area contributed by atoms with Gasteiger partial charge in [0, 0.05) is 49.1 Å². The monoisotopic (exact) mass is 359 g/mol. The Morgan fingerprint density at radius 2 is 2.40 bits per heavy atom. The summed E-state index contributed by atoms with van der Waals surface area (Å²) in [6.07, 6.45) is 9.28. The Labute approximate surface area is 153 Å². The van der Waals surface area contributed by atoms with Gasteiger partial charge in [-0.15, -0.1) is 11.3 Å². The Morgan fingerprint density at radius 3 is 3.24 bits per heavy atom. The largest absolute Gasteiger partial charge is 0.377 e. The Balaban J connectivity index is 1.40. The van der Waals surface area contributed by atoms with Crippen LogP contribution in [0.25, 0.3) is 0 Å². The first-order chi connectivity index (χ1) is 12.3. The number of hydrogen-bond donors (Lipinski definition) is 0.